The molecule has 0 spiro atoms. The van der Waals surface area contributed by atoms with Gasteiger partial charge in [0.15, 0.2) is 5.11 Å². The Morgan fingerprint density at radius 2 is 1.78 bits per heavy atom. The smallest absolute Gasteiger partial charge is 0.257 e. The largest absolute Gasteiger partial charge is 0.490 e. The fourth-order valence-corrected chi connectivity index (χ4v) is 3.63. The van der Waals surface area contributed by atoms with E-state index in [0.29, 0.717) is 29.0 Å². The molecule has 32 heavy (non-hydrogen) atoms. The topological polar surface area (TPSA) is 88.7 Å². The van der Waals surface area contributed by atoms with Crippen molar-refractivity contribution in [1.29, 1.82) is 0 Å². The van der Waals surface area contributed by atoms with Gasteiger partial charge in [-0.15, -0.1) is 0 Å². The van der Waals surface area contributed by atoms with Crippen LogP contribution in [0.2, 0.25) is 0 Å². The fourth-order valence-electron chi connectivity index (χ4n) is 2.99. The van der Waals surface area contributed by atoms with Crippen LogP contribution in [0.15, 0.2) is 65.1 Å². The van der Waals surface area contributed by atoms with Crippen molar-refractivity contribution in [3.63, 3.8) is 0 Å². The molecule has 0 unspecified atom stereocenters. The van der Waals surface area contributed by atoms with Crippen molar-refractivity contribution < 1.29 is 19.1 Å². The average Bonchev–Trinajstić information content (AvgIpc) is 2.79. The Bertz CT molecular complexity index is 1130. The van der Waals surface area contributed by atoms with Crippen molar-refractivity contribution in [1.82, 2.24) is 16.2 Å². The number of nitrogens with one attached hydrogen (secondary N) is 3. The number of ether oxygens (including phenoxy) is 2. The van der Waals surface area contributed by atoms with Crippen LogP contribution in [0.3, 0.4) is 0 Å². The summed E-state index contributed by atoms with van der Waals surface area (Å²) < 4.78 is 11.1. The Balaban J connectivity index is 1.50. The summed E-state index contributed by atoms with van der Waals surface area (Å²) in [5.74, 6) is -0.104. The second-order valence-electron chi connectivity index (χ2n) is 6.76. The van der Waals surface area contributed by atoms with Gasteiger partial charge in [0.1, 0.15) is 12.4 Å². The average molecular weight is 516 g/mol. The second kappa shape index (κ2) is 11.6. The minimum atomic E-state index is -0.421. The van der Waals surface area contributed by atoms with Gasteiger partial charge in [0.2, 0.25) is 5.91 Å². The molecular weight excluding hydrogens is 494 g/mol. The first-order valence-electron chi connectivity index (χ1n) is 9.76. The van der Waals surface area contributed by atoms with Crippen LogP contribution in [0.25, 0.3) is 10.8 Å². The molecule has 0 radical (unpaired) electrons. The Morgan fingerprint density at radius 3 is 2.56 bits per heavy atom. The summed E-state index contributed by atoms with van der Waals surface area (Å²) in [5, 5.41) is 4.59. The van der Waals surface area contributed by atoms with Gasteiger partial charge in [-0.1, -0.05) is 42.5 Å². The first-order chi connectivity index (χ1) is 15.5. The van der Waals surface area contributed by atoms with Crippen LogP contribution in [-0.4, -0.2) is 37.3 Å². The van der Waals surface area contributed by atoms with Crippen LogP contribution in [-0.2, 0) is 16.0 Å². The predicted octanol–water partition coefficient (Wildman–Crippen LogP) is 3.51. The third kappa shape index (κ3) is 6.49. The summed E-state index contributed by atoms with van der Waals surface area (Å²) in [4.78, 5) is 24.8. The number of hydrogen-bond acceptors (Lipinski definition) is 5. The Kier molecular flexibility index (Phi) is 8.55. The first kappa shape index (κ1) is 23.6. The van der Waals surface area contributed by atoms with Crippen LogP contribution < -0.4 is 20.9 Å². The minimum Gasteiger partial charge on any atom is -0.490 e. The minimum absolute atomic E-state index is 0.0159. The zero-order valence-corrected chi connectivity index (χ0v) is 19.7. The van der Waals surface area contributed by atoms with Crippen LogP contribution in [0.1, 0.15) is 15.9 Å². The highest BCUT2D eigenvalue weighted by Crippen LogP contribution is 2.26. The molecule has 7 nitrogen and oxygen atoms in total. The predicted molar refractivity (Wildman–Crippen MR) is 131 cm³/mol. The van der Waals surface area contributed by atoms with Crippen molar-refractivity contribution >= 4 is 55.8 Å². The van der Waals surface area contributed by atoms with Crippen LogP contribution in [0.4, 0.5) is 0 Å². The molecule has 3 aromatic rings. The Morgan fingerprint density at radius 1 is 1.00 bits per heavy atom. The fraction of sp³-hybridized carbons (Fsp3) is 0.174. The van der Waals surface area contributed by atoms with E-state index >= 15 is 0 Å². The first-order valence-corrected chi connectivity index (χ1v) is 11.0. The third-order valence-corrected chi connectivity index (χ3v) is 5.34. The Labute approximate surface area is 199 Å². The van der Waals surface area contributed by atoms with Gasteiger partial charge in [0, 0.05) is 12.7 Å². The summed E-state index contributed by atoms with van der Waals surface area (Å²) in [6, 6.07) is 18.6. The van der Waals surface area contributed by atoms with Crippen molar-refractivity contribution in [3.05, 3.63) is 76.3 Å². The summed E-state index contributed by atoms with van der Waals surface area (Å²) >= 11 is 8.49. The van der Waals surface area contributed by atoms with Crippen molar-refractivity contribution in [2.24, 2.45) is 0 Å². The van der Waals surface area contributed by atoms with Crippen LogP contribution >= 0.6 is 28.1 Å². The molecule has 0 heterocycles. The van der Waals surface area contributed by atoms with E-state index in [1.807, 2.05) is 42.5 Å². The lowest BCUT2D eigenvalue weighted by atomic mass is 10.0. The number of halogens is 1. The number of carbonyl (C=O) groups excluding carboxylic acids is 2. The van der Waals surface area contributed by atoms with Gasteiger partial charge in [-0.2, -0.15) is 0 Å². The molecule has 0 aliphatic carbocycles. The van der Waals surface area contributed by atoms with Gasteiger partial charge in [0.25, 0.3) is 5.91 Å². The maximum atomic E-state index is 12.4. The SMILES string of the molecule is COCCOc1ccc(C(=O)NC(=S)NNC(=O)Cc2cccc3ccccc23)cc1Br. The van der Waals surface area contributed by atoms with Gasteiger partial charge in [-0.25, -0.2) is 0 Å². The van der Waals surface area contributed by atoms with Gasteiger partial charge >= 0.3 is 0 Å². The molecule has 3 rings (SSSR count). The highest BCUT2D eigenvalue weighted by molar-refractivity contribution is 9.10. The second-order valence-corrected chi connectivity index (χ2v) is 8.02. The number of benzene rings is 3. The summed E-state index contributed by atoms with van der Waals surface area (Å²) in [6.07, 6.45) is 0.169. The number of carbonyl (C=O) groups is 2. The summed E-state index contributed by atoms with van der Waals surface area (Å²) in [7, 11) is 1.59. The molecule has 0 aliphatic rings. The molecule has 0 bridgehead atoms. The van der Waals surface area contributed by atoms with Crippen LogP contribution in [0, 0.1) is 0 Å². The van der Waals surface area contributed by atoms with E-state index in [-0.39, 0.29) is 17.4 Å². The number of hydrogen-bond donors (Lipinski definition) is 3. The monoisotopic (exact) mass is 515 g/mol. The van der Waals surface area contributed by atoms with E-state index in [4.69, 9.17) is 21.7 Å². The number of fused-ring (bicyclic) bond motifs is 1. The van der Waals surface area contributed by atoms with E-state index in [0.717, 1.165) is 16.3 Å². The van der Waals surface area contributed by atoms with E-state index in [1.54, 1.807) is 25.3 Å². The molecular formula is C23H22BrN3O4S. The highest BCUT2D eigenvalue weighted by atomic mass is 79.9. The van der Waals surface area contributed by atoms with E-state index in [1.165, 1.54) is 0 Å². The molecule has 0 saturated carbocycles. The summed E-state index contributed by atoms with van der Waals surface area (Å²) in [6.45, 7) is 0.855. The van der Waals surface area contributed by atoms with Crippen molar-refractivity contribution in [2.45, 2.75) is 6.42 Å². The lowest BCUT2D eigenvalue weighted by Crippen LogP contribution is -2.48. The zero-order chi connectivity index (χ0) is 22.9. The molecule has 3 aromatic carbocycles. The van der Waals surface area contributed by atoms with E-state index in [2.05, 4.69) is 32.1 Å². The molecule has 0 atom stereocenters. The van der Waals surface area contributed by atoms with Gasteiger partial charge in [0.05, 0.1) is 17.5 Å². The number of amides is 2. The number of methoxy groups -OCH3 is 1. The molecule has 0 aromatic heterocycles. The maximum absolute atomic E-state index is 12.4. The normalized spacial score (nSPS) is 10.4. The molecule has 166 valence electrons. The molecule has 0 saturated heterocycles. The molecule has 9 heteroatoms. The van der Waals surface area contributed by atoms with Gasteiger partial charge < -0.3 is 9.47 Å². The highest BCUT2D eigenvalue weighted by Gasteiger charge is 2.12. The molecule has 2 amide bonds. The Hall–Kier alpha value is -3.01. The maximum Gasteiger partial charge on any atom is 0.257 e. The van der Waals surface area contributed by atoms with Gasteiger partial charge in [-0.05, 0) is 62.7 Å². The number of thiocarbonyl (C=S) groups is 1. The summed E-state index contributed by atoms with van der Waals surface area (Å²) in [5.41, 5.74) is 6.35. The molecule has 0 aliphatic heterocycles. The standard InChI is InChI=1S/C23H22BrN3O4S/c1-30-11-12-31-20-10-9-17(13-19(20)24)22(29)25-23(32)27-26-21(28)14-16-7-4-6-15-5-2-3-8-18(15)16/h2-10,13H,11-12,14H2,1H3,(H,26,28)(H2,25,27,29,32). The third-order valence-electron chi connectivity index (χ3n) is 4.51. The number of rotatable bonds is 7. The number of hydrazine groups is 1. The van der Waals surface area contributed by atoms with Crippen molar-refractivity contribution in [3.8, 4) is 5.75 Å². The van der Waals surface area contributed by atoms with E-state index < -0.39 is 5.91 Å². The van der Waals surface area contributed by atoms with Crippen LogP contribution in [0.5, 0.6) is 5.75 Å². The lowest BCUT2D eigenvalue weighted by molar-refractivity contribution is -0.121. The molecule has 0 fully saturated rings. The zero-order valence-electron chi connectivity index (χ0n) is 17.3. The van der Waals surface area contributed by atoms with Gasteiger partial charge in [-0.3, -0.25) is 25.8 Å². The molecule has 3 N–H and O–H groups in total. The quantitative estimate of drug-likeness (QED) is 0.253. The van der Waals surface area contributed by atoms with E-state index in [9.17, 15) is 9.59 Å². The van der Waals surface area contributed by atoms with Crippen molar-refractivity contribution in [2.75, 3.05) is 20.3 Å². The lowest BCUT2D eigenvalue weighted by Gasteiger charge is -2.12.